The van der Waals surface area contributed by atoms with E-state index in [1.54, 1.807) is 46.9 Å². The van der Waals surface area contributed by atoms with Crippen LogP contribution in [0.2, 0.25) is 0 Å². The smallest absolute Gasteiger partial charge is 0.244 e. The molecule has 1 unspecified atom stereocenters. The molecule has 3 aromatic rings. The van der Waals surface area contributed by atoms with Gasteiger partial charge in [-0.1, -0.05) is 0 Å². The van der Waals surface area contributed by atoms with Crippen molar-refractivity contribution in [2.24, 2.45) is 0 Å². The first-order chi connectivity index (χ1) is 13.4. The van der Waals surface area contributed by atoms with Crippen molar-refractivity contribution in [1.82, 2.24) is 23.8 Å². The molecule has 2 aromatic heterocycles. The number of nitrogen functional groups attached to an aromatic ring is 2. The molecule has 4 N–H and O–H groups in total. The van der Waals surface area contributed by atoms with Crippen LogP contribution in [0.1, 0.15) is 0 Å². The second kappa shape index (κ2) is 7.11. The number of nitrogens with two attached hydrogens (primary N) is 2. The van der Waals surface area contributed by atoms with E-state index in [1.165, 1.54) is 11.4 Å². The van der Waals surface area contributed by atoms with Crippen molar-refractivity contribution < 1.29 is 13.2 Å². The van der Waals surface area contributed by atoms with Gasteiger partial charge >= 0.3 is 0 Å². The molecule has 1 aliphatic rings. The number of hydrogen-bond acceptors (Lipinski definition) is 9. The largest absolute Gasteiger partial charge is 0.497 e. The maximum absolute atomic E-state index is 13.1. The van der Waals surface area contributed by atoms with Gasteiger partial charge in [0, 0.05) is 12.3 Å². The van der Waals surface area contributed by atoms with Gasteiger partial charge in [0.15, 0.2) is 11.5 Å². The number of hydrogen-bond donors (Lipinski definition) is 2. The van der Waals surface area contributed by atoms with Gasteiger partial charge < -0.3 is 20.8 Å². The lowest BCUT2D eigenvalue weighted by molar-refractivity contribution is 0.365. The first-order valence-corrected chi connectivity index (χ1v) is 11.0. The maximum Gasteiger partial charge on any atom is 0.244 e. The number of anilines is 2. The number of benzene rings is 1. The third-order valence-corrected chi connectivity index (χ3v) is 7.67. The van der Waals surface area contributed by atoms with Crippen molar-refractivity contribution in [3.05, 3.63) is 30.6 Å². The predicted octanol–water partition coefficient (Wildman–Crippen LogP) is 0.763. The van der Waals surface area contributed by atoms with Crippen molar-refractivity contribution in [3.63, 3.8) is 0 Å². The number of thioether (sulfide) groups is 1. The van der Waals surface area contributed by atoms with Crippen molar-refractivity contribution in [2.45, 2.75) is 17.5 Å². The summed E-state index contributed by atoms with van der Waals surface area (Å²) in [5.74, 6) is 1.89. The fourth-order valence-corrected chi connectivity index (χ4v) is 6.32. The van der Waals surface area contributed by atoms with Crippen LogP contribution in [0.4, 0.5) is 11.8 Å². The van der Waals surface area contributed by atoms with Crippen LogP contribution in [0.5, 0.6) is 5.75 Å². The summed E-state index contributed by atoms with van der Waals surface area (Å²) < 4.78 is 34.6. The van der Waals surface area contributed by atoms with E-state index >= 15 is 0 Å². The van der Waals surface area contributed by atoms with Gasteiger partial charge in [-0.05, 0) is 24.3 Å². The Morgan fingerprint density at radius 2 is 2.00 bits per heavy atom. The number of fused-ring (bicyclic) bond motifs is 1. The molecule has 1 saturated heterocycles. The van der Waals surface area contributed by atoms with Crippen molar-refractivity contribution in [1.29, 1.82) is 0 Å². The lowest BCUT2D eigenvalue weighted by Gasteiger charge is -2.23. The van der Waals surface area contributed by atoms with E-state index < -0.39 is 10.0 Å². The highest BCUT2D eigenvalue weighted by atomic mass is 32.2. The Bertz CT molecular complexity index is 1120. The minimum atomic E-state index is -3.64. The molecule has 28 heavy (non-hydrogen) atoms. The van der Waals surface area contributed by atoms with E-state index in [2.05, 4.69) is 15.0 Å². The van der Waals surface area contributed by atoms with E-state index in [4.69, 9.17) is 16.2 Å². The third-order valence-electron chi connectivity index (χ3n) is 4.52. The van der Waals surface area contributed by atoms with Crippen LogP contribution < -0.4 is 16.2 Å². The van der Waals surface area contributed by atoms with Crippen LogP contribution >= 0.6 is 11.8 Å². The van der Waals surface area contributed by atoms with E-state index in [-0.39, 0.29) is 22.7 Å². The molecular weight excluding hydrogens is 402 g/mol. The topological polar surface area (TPSA) is 142 Å². The summed E-state index contributed by atoms with van der Waals surface area (Å²) in [4.78, 5) is 12.6. The van der Waals surface area contributed by atoms with Gasteiger partial charge in [0.1, 0.15) is 11.3 Å². The maximum atomic E-state index is 13.1. The number of sulfonamides is 1. The summed E-state index contributed by atoms with van der Waals surface area (Å²) in [6.07, 6.45) is 1.58. The lowest BCUT2D eigenvalue weighted by Crippen LogP contribution is -2.39. The standard InChI is InChI=1S/C16H19N7O3S2/c1-26-11-2-4-12(5-3-11)28(24,25)23-9-27-7-10(23)6-22-8-19-13-14(17)20-16(18)21-15(13)22/h2-5,8,10H,6-7,9H2,1H3,(H4,17,18,20,21). The summed E-state index contributed by atoms with van der Waals surface area (Å²) in [6, 6.07) is 6.12. The van der Waals surface area contributed by atoms with E-state index in [0.717, 1.165) is 0 Å². The van der Waals surface area contributed by atoms with Gasteiger partial charge in [-0.2, -0.15) is 14.3 Å². The second-order valence-electron chi connectivity index (χ2n) is 6.26. The lowest BCUT2D eigenvalue weighted by atomic mass is 10.3. The van der Waals surface area contributed by atoms with Crippen LogP contribution in [0.3, 0.4) is 0 Å². The Balaban J connectivity index is 1.63. The quantitative estimate of drug-likeness (QED) is 0.610. The average Bonchev–Trinajstić information content (AvgIpc) is 3.30. The molecule has 4 rings (SSSR count). The molecule has 0 spiro atoms. The molecular formula is C16H19N7O3S2. The number of nitrogens with zero attached hydrogens (tertiary/aromatic N) is 5. The Morgan fingerprint density at radius 3 is 2.71 bits per heavy atom. The summed E-state index contributed by atoms with van der Waals surface area (Å²) in [7, 11) is -2.11. The number of methoxy groups -OCH3 is 1. The molecule has 10 nitrogen and oxygen atoms in total. The highest BCUT2D eigenvalue weighted by molar-refractivity contribution is 8.00. The van der Waals surface area contributed by atoms with Gasteiger partial charge in [-0.15, -0.1) is 11.8 Å². The Hall–Kier alpha value is -2.57. The molecule has 1 fully saturated rings. The van der Waals surface area contributed by atoms with E-state index in [9.17, 15) is 8.42 Å². The fourth-order valence-electron chi connectivity index (χ4n) is 3.10. The molecule has 0 bridgehead atoms. The summed E-state index contributed by atoms with van der Waals surface area (Å²) in [6.45, 7) is 0.384. The Labute approximate surface area is 166 Å². The second-order valence-corrected chi connectivity index (χ2v) is 9.15. The number of rotatable bonds is 5. The fraction of sp³-hybridized carbons (Fsp3) is 0.312. The Morgan fingerprint density at radius 1 is 1.25 bits per heavy atom. The number of imidazole rings is 1. The minimum absolute atomic E-state index is 0.0512. The molecule has 12 heteroatoms. The van der Waals surface area contributed by atoms with Crippen LogP contribution in [-0.4, -0.2) is 57.0 Å². The first kappa shape index (κ1) is 18.8. The van der Waals surface area contributed by atoms with Crippen LogP contribution in [-0.2, 0) is 16.6 Å². The molecule has 0 radical (unpaired) electrons. The van der Waals surface area contributed by atoms with Gasteiger partial charge in [0.05, 0.1) is 30.3 Å². The number of aromatic nitrogens is 4. The zero-order valence-corrected chi connectivity index (χ0v) is 16.7. The van der Waals surface area contributed by atoms with Crippen LogP contribution in [0, 0.1) is 0 Å². The van der Waals surface area contributed by atoms with Crippen molar-refractivity contribution in [3.8, 4) is 5.75 Å². The minimum Gasteiger partial charge on any atom is -0.497 e. The highest BCUT2D eigenvalue weighted by Gasteiger charge is 2.36. The SMILES string of the molecule is COc1ccc(S(=O)(=O)N2CSCC2Cn2cnc3c(N)nc(N)nc32)cc1. The van der Waals surface area contributed by atoms with Crippen molar-refractivity contribution in [2.75, 3.05) is 30.2 Å². The zero-order valence-electron chi connectivity index (χ0n) is 15.0. The van der Waals surface area contributed by atoms with Crippen LogP contribution in [0.15, 0.2) is 35.5 Å². The molecule has 148 valence electrons. The summed E-state index contributed by atoms with van der Waals surface area (Å²) >= 11 is 1.56. The average molecular weight is 422 g/mol. The molecule has 3 heterocycles. The van der Waals surface area contributed by atoms with Crippen LogP contribution in [0.25, 0.3) is 11.2 Å². The zero-order chi connectivity index (χ0) is 19.9. The van der Waals surface area contributed by atoms with Gasteiger partial charge in [-0.3, -0.25) is 0 Å². The number of ether oxygens (including phenoxy) is 1. The third kappa shape index (κ3) is 3.23. The monoisotopic (exact) mass is 421 g/mol. The molecule has 0 amide bonds. The van der Waals surface area contributed by atoms with E-state index in [0.29, 0.717) is 35.1 Å². The summed E-state index contributed by atoms with van der Waals surface area (Å²) in [5.41, 5.74) is 12.5. The Kier molecular flexibility index (Phi) is 4.77. The first-order valence-electron chi connectivity index (χ1n) is 8.37. The van der Waals surface area contributed by atoms with Crippen molar-refractivity contribution >= 4 is 44.7 Å². The summed E-state index contributed by atoms with van der Waals surface area (Å²) in [5, 5.41) is 0. The van der Waals surface area contributed by atoms with Gasteiger partial charge in [0.25, 0.3) is 0 Å². The predicted molar refractivity (Wildman–Crippen MR) is 107 cm³/mol. The molecule has 0 saturated carbocycles. The molecule has 1 aromatic carbocycles. The van der Waals surface area contributed by atoms with Gasteiger partial charge in [0.2, 0.25) is 16.0 Å². The molecule has 0 aliphatic carbocycles. The molecule has 1 aliphatic heterocycles. The normalized spacial score (nSPS) is 18.0. The molecule has 1 atom stereocenters. The highest BCUT2D eigenvalue weighted by Crippen LogP contribution is 2.30. The van der Waals surface area contributed by atoms with E-state index in [1.807, 2.05) is 0 Å². The van der Waals surface area contributed by atoms with Gasteiger partial charge in [-0.25, -0.2) is 13.4 Å².